The quantitative estimate of drug-likeness (QED) is 0.792. The van der Waals surface area contributed by atoms with E-state index in [-0.39, 0.29) is 6.10 Å². The highest BCUT2D eigenvalue weighted by molar-refractivity contribution is 5.63. The second-order valence-corrected chi connectivity index (χ2v) is 5.61. The van der Waals surface area contributed by atoms with Gasteiger partial charge in [0.1, 0.15) is 5.75 Å². The zero-order valence-electron chi connectivity index (χ0n) is 12.5. The van der Waals surface area contributed by atoms with E-state index in [1.165, 1.54) is 0 Å². The lowest BCUT2D eigenvalue weighted by Gasteiger charge is -2.29. The van der Waals surface area contributed by atoms with Crippen molar-refractivity contribution in [3.63, 3.8) is 0 Å². The van der Waals surface area contributed by atoms with Crippen molar-refractivity contribution >= 4 is 11.4 Å². The van der Waals surface area contributed by atoms with Crippen molar-refractivity contribution in [2.75, 3.05) is 44.4 Å². The van der Waals surface area contributed by atoms with Crippen molar-refractivity contribution in [1.29, 1.82) is 0 Å². The zero-order valence-corrected chi connectivity index (χ0v) is 12.5. The molecule has 1 fully saturated rings. The normalized spacial score (nSPS) is 22.6. The molecule has 0 aliphatic carbocycles. The topological polar surface area (TPSA) is 62.0 Å². The van der Waals surface area contributed by atoms with Crippen molar-refractivity contribution in [2.45, 2.75) is 25.5 Å². The van der Waals surface area contributed by atoms with Gasteiger partial charge < -0.3 is 25.4 Å². The van der Waals surface area contributed by atoms with Crippen LogP contribution in [0, 0.1) is 0 Å². The van der Waals surface area contributed by atoms with Crippen LogP contribution in [-0.2, 0) is 0 Å². The first-order valence-electron chi connectivity index (χ1n) is 7.13. The van der Waals surface area contributed by atoms with E-state index in [2.05, 4.69) is 23.9 Å². The molecular weight excluding hydrogens is 254 g/mol. The fourth-order valence-electron chi connectivity index (χ4n) is 2.78. The highest BCUT2D eigenvalue weighted by Crippen LogP contribution is 2.32. The Kier molecular flexibility index (Phi) is 4.73. The summed E-state index contributed by atoms with van der Waals surface area (Å²) in [6, 6.07) is 6.16. The first kappa shape index (κ1) is 14.9. The summed E-state index contributed by atoms with van der Waals surface area (Å²) in [5.41, 5.74) is 7.63. The Balaban J connectivity index is 2.22. The number of ether oxygens (including phenoxy) is 1. The van der Waals surface area contributed by atoms with Crippen LogP contribution in [-0.4, -0.2) is 55.9 Å². The molecule has 0 aromatic heterocycles. The SMILES string of the molecule is CCOc1cc(N2CC(O)CC2CN(C)C)ccc1N. The third-order valence-electron chi connectivity index (χ3n) is 3.60. The lowest BCUT2D eigenvalue weighted by atomic mass is 10.1. The Morgan fingerprint density at radius 3 is 2.85 bits per heavy atom. The van der Waals surface area contributed by atoms with Gasteiger partial charge in [0.05, 0.1) is 18.4 Å². The van der Waals surface area contributed by atoms with Crippen LogP contribution in [0.1, 0.15) is 13.3 Å². The van der Waals surface area contributed by atoms with E-state index in [1.807, 2.05) is 25.1 Å². The zero-order chi connectivity index (χ0) is 14.7. The number of likely N-dealkylation sites (N-methyl/N-ethyl adjacent to an activating group) is 1. The van der Waals surface area contributed by atoms with Gasteiger partial charge >= 0.3 is 0 Å². The molecule has 0 bridgehead atoms. The molecule has 2 unspecified atom stereocenters. The number of aliphatic hydroxyl groups is 1. The molecule has 1 saturated heterocycles. The molecule has 112 valence electrons. The van der Waals surface area contributed by atoms with Gasteiger partial charge in [0.15, 0.2) is 0 Å². The number of benzene rings is 1. The Bertz CT molecular complexity index is 451. The Hall–Kier alpha value is -1.46. The molecule has 2 rings (SSSR count). The number of hydrogen-bond donors (Lipinski definition) is 2. The first-order valence-corrected chi connectivity index (χ1v) is 7.13. The van der Waals surface area contributed by atoms with Gasteiger partial charge in [0.2, 0.25) is 0 Å². The minimum Gasteiger partial charge on any atom is -0.492 e. The lowest BCUT2D eigenvalue weighted by Crippen LogP contribution is -2.37. The molecule has 1 aliphatic rings. The maximum atomic E-state index is 9.96. The second kappa shape index (κ2) is 6.33. The van der Waals surface area contributed by atoms with Crippen LogP contribution in [0.3, 0.4) is 0 Å². The fraction of sp³-hybridized carbons (Fsp3) is 0.600. The highest BCUT2D eigenvalue weighted by Gasteiger charge is 2.31. The van der Waals surface area contributed by atoms with Gasteiger partial charge in [-0.05, 0) is 39.6 Å². The minimum absolute atomic E-state index is 0.270. The largest absolute Gasteiger partial charge is 0.492 e. The molecule has 0 saturated carbocycles. The van der Waals surface area contributed by atoms with E-state index in [9.17, 15) is 5.11 Å². The summed E-state index contributed by atoms with van der Waals surface area (Å²) in [6.07, 6.45) is 0.528. The van der Waals surface area contributed by atoms with Gasteiger partial charge in [-0.25, -0.2) is 0 Å². The third-order valence-corrected chi connectivity index (χ3v) is 3.60. The molecule has 5 nitrogen and oxygen atoms in total. The van der Waals surface area contributed by atoms with E-state index in [0.717, 1.165) is 24.4 Å². The van der Waals surface area contributed by atoms with Crippen LogP contribution < -0.4 is 15.4 Å². The number of rotatable bonds is 5. The van der Waals surface area contributed by atoms with Crippen LogP contribution in [0.15, 0.2) is 18.2 Å². The Morgan fingerprint density at radius 1 is 1.45 bits per heavy atom. The maximum Gasteiger partial charge on any atom is 0.144 e. The molecule has 1 aliphatic heterocycles. The van der Waals surface area contributed by atoms with Gasteiger partial charge in [-0.2, -0.15) is 0 Å². The van der Waals surface area contributed by atoms with E-state index in [1.54, 1.807) is 0 Å². The molecule has 0 spiro atoms. The van der Waals surface area contributed by atoms with Gasteiger partial charge in [-0.1, -0.05) is 0 Å². The average molecular weight is 279 g/mol. The van der Waals surface area contributed by atoms with Crippen molar-refractivity contribution in [2.24, 2.45) is 0 Å². The average Bonchev–Trinajstić information content (AvgIpc) is 2.72. The van der Waals surface area contributed by atoms with Crippen LogP contribution in [0.4, 0.5) is 11.4 Å². The molecule has 1 aromatic rings. The van der Waals surface area contributed by atoms with Crippen LogP contribution in [0.5, 0.6) is 5.75 Å². The molecule has 2 atom stereocenters. The number of anilines is 2. The maximum absolute atomic E-state index is 9.96. The van der Waals surface area contributed by atoms with Crippen molar-refractivity contribution in [3.05, 3.63) is 18.2 Å². The van der Waals surface area contributed by atoms with Crippen LogP contribution in [0.2, 0.25) is 0 Å². The predicted molar refractivity (Wildman–Crippen MR) is 82.3 cm³/mol. The number of nitrogen functional groups attached to an aromatic ring is 1. The number of hydrogen-bond acceptors (Lipinski definition) is 5. The summed E-state index contributed by atoms with van der Waals surface area (Å²) in [4.78, 5) is 4.39. The van der Waals surface area contributed by atoms with Crippen molar-refractivity contribution in [1.82, 2.24) is 4.90 Å². The van der Waals surface area contributed by atoms with E-state index in [0.29, 0.717) is 24.9 Å². The van der Waals surface area contributed by atoms with E-state index >= 15 is 0 Å². The van der Waals surface area contributed by atoms with E-state index < -0.39 is 0 Å². The second-order valence-electron chi connectivity index (χ2n) is 5.61. The van der Waals surface area contributed by atoms with Gasteiger partial charge in [-0.3, -0.25) is 0 Å². The summed E-state index contributed by atoms with van der Waals surface area (Å²) in [5, 5.41) is 9.96. The van der Waals surface area contributed by atoms with Gasteiger partial charge in [0, 0.05) is 30.9 Å². The first-order chi connectivity index (χ1) is 9.51. The van der Waals surface area contributed by atoms with Crippen molar-refractivity contribution < 1.29 is 9.84 Å². The molecule has 5 heteroatoms. The standard InChI is InChI=1S/C15H25N3O2/c1-4-20-15-8-11(5-6-14(15)16)18-10-13(19)7-12(18)9-17(2)3/h5-6,8,12-13,19H,4,7,9-10,16H2,1-3H3. The summed E-state index contributed by atoms with van der Waals surface area (Å²) >= 11 is 0. The summed E-state index contributed by atoms with van der Waals surface area (Å²) in [5.74, 6) is 0.718. The third kappa shape index (κ3) is 3.35. The summed E-state index contributed by atoms with van der Waals surface area (Å²) in [6.45, 7) is 4.12. The van der Waals surface area contributed by atoms with Gasteiger partial charge in [0.25, 0.3) is 0 Å². The molecule has 0 amide bonds. The predicted octanol–water partition coefficient (Wildman–Crippen LogP) is 1.17. The Morgan fingerprint density at radius 2 is 2.20 bits per heavy atom. The molecule has 3 N–H and O–H groups in total. The molecule has 0 radical (unpaired) electrons. The van der Waals surface area contributed by atoms with Crippen LogP contribution in [0.25, 0.3) is 0 Å². The van der Waals surface area contributed by atoms with Crippen LogP contribution >= 0.6 is 0 Å². The van der Waals surface area contributed by atoms with E-state index in [4.69, 9.17) is 10.5 Å². The minimum atomic E-state index is -0.270. The highest BCUT2D eigenvalue weighted by atomic mass is 16.5. The van der Waals surface area contributed by atoms with Crippen molar-refractivity contribution in [3.8, 4) is 5.75 Å². The smallest absolute Gasteiger partial charge is 0.144 e. The number of β-amino-alcohol motifs (C(OH)–C–C–N with tert-alkyl or cyclic N) is 1. The summed E-state index contributed by atoms with van der Waals surface area (Å²) in [7, 11) is 4.11. The number of aliphatic hydroxyl groups excluding tert-OH is 1. The monoisotopic (exact) mass is 279 g/mol. The van der Waals surface area contributed by atoms with Gasteiger partial charge in [-0.15, -0.1) is 0 Å². The molecule has 1 aromatic carbocycles. The number of nitrogens with two attached hydrogens (primary N) is 1. The molecule has 1 heterocycles. The molecular formula is C15H25N3O2. The number of nitrogens with zero attached hydrogens (tertiary/aromatic N) is 2. The summed E-state index contributed by atoms with van der Waals surface area (Å²) < 4.78 is 5.56. The molecule has 20 heavy (non-hydrogen) atoms. The lowest BCUT2D eigenvalue weighted by molar-refractivity contribution is 0.191. The Labute approximate surface area is 120 Å². The fourth-order valence-corrected chi connectivity index (χ4v) is 2.78.